The van der Waals surface area contributed by atoms with Gasteiger partial charge in [0.1, 0.15) is 6.04 Å². The molecule has 0 fully saturated rings. The second kappa shape index (κ2) is 7.92. The second-order valence-electron chi connectivity index (χ2n) is 7.52. The van der Waals surface area contributed by atoms with E-state index in [1.807, 2.05) is 74.5 Å². The molecule has 0 aliphatic carbocycles. The Balaban J connectivity index is 1.67. The van der Waals surface area contributed by atoms with Crippen molar-refractivity contribution in [2.45, 2.75) is 32.9 Å². The average molecular weight is 384 g/mol. The van der Waals surface area contributed by atoms with Gasteiger partial charge in [0.25, 0.3) is 5.91 Å². The van der Waals surface area contributed by atoms with Crippen LogP contribution in [0.15, 0.2) is 72.8 Å². The van der Waals surface area contributed by atoms with E-state index in [2.05, 4.69) is 5.32 Å². The first-order valence-electron chi connectivity index (χ1n) is 9.84. The van der Waals surface area contributed by atoms with Crippen LogP contribution in [0.2, 0.25) is 0 Å². The highest BCUT2D eigenvalue weighted by molar-refractivity contribution is 6.02. The van der Waals surface area contributed by atoms with E-state index >= 15 is 0 Å². The quantitative estimate of drug-likeness (QED) is 0.722. The van der Waals surface area contributed by atoms with Crippen molar-refractivity contribution in [3.05, 3.63) is 101 Å². The minimum Gasteiger partial charge on any atom is -0.324 e. The number of rotatable bonds is 3. The number of aryl methyl sites for hydroxylation is 1. The number of carbonyl (C=O) groups excluding carboxylic acids is 2. The van der Waals surface area contributed by atoms with Crippen LogP contribution in [0.1, 0.15) is 32.6 Å². The number of nitrogens with one attached hydrogen (secondary N) is 1. The zero-order valence-corrected chi connectivity index (χ0v) is 16.7. The molecular formula is C25H24N2O2. The van der Waals surface area contributed by atoms with E-state index < -0.39 is 6.04 Å². The lowest BCUT2D eigenvalue weighted by atomic mass is 9.92. The standard InChI is InChI=1S/C25H24N2O2/c1-17-9-8-14-22(18(17)2)26-24(28)23-15-20-12-6-7-13-21(20)16-27(23)25(29)19-10-4-3-5-11-19/h3-14,23H,15-16H2,1-2H3,(H,26,28)/t23-/m0/s1. The van der Waals surface area contributed by atoms with E-state index in [1.165, 1.54) is 0 Å². The molecule has 4 nitrogen and oxygen atoms in total. The highest BCUT2D eigenvalue weighted by Crippen LogP contribution is 2.27. The maximum atomic E-state index is 13.3. The van der Waals surface area contributed by atoms with Gasteiger partial charge in [0.05, 0.1) is 0 Å². The van der Waals surface area contributed by atoms with E-state index in [-0.39, 0.29) is 11.8 Å². The Kier molecular flexibility index (Phi) is 5.17. The molecule has 0 saturated carbocycles. The third-order valence-electron chi connectivity index (χ3n) is 5.70. The molecule has 146 valence electrons. The lowest BCUT2D eigenvalue weighted by Crippen LogP contribution is -2.50. The smallest absolute Gasteiger partial charge is 0.254 e. The molecule has 0 bridgehead atoms. The number of fused-ring (bicyclic) bond motifs is 1. The van der Waals surface area contributed by atoms with Gasteiger partial charge in [0.2, 0.25) is 5.91 Å². The normalized spacial score (nSPS) is 15.5. The van der Waals surface area contributed by atoms with E-state index in [9.17, 15) is 9.59 Å². The maximum absolute atomic E-state index is 13.3. The topological polar surface area (TPSA) is 49.4 Å². The van der Waals surface area contributed by atoms with Crippen molar-refractivity contribution >= 4 is 17.5 Å². The van der Waals surface area contributed by atoms with E-state index in [1.54, 1.807) is 17.0 Å². The Morgan fingerprint density at radius 3 is 2.31 bits per heavy atom. The van der Waals surface area contributed by atoms with Gasteiger partial charge in [-0.2, -0.15) is 0 Å². The lowest BCUT2D eigenvalue weighted by molar-refractivity contribution is -0.121. The number of anilines is 1. The summed E-state index contributed by atoms with van der Waals surface area (Å²) in [6.45, 7) is 4.44. The van der Waals surface area contributed by atoms with E-state index in [0.29, 0.717) is 18.5 Å². The van der Waals surface area contributed by atoms with Gasteiger partial charge in [0, 0.05) is 24.2 Å². The monoisotopic (exact) mass is 384 g/mol. The molecule has 0 unspecified atom stereocenters. The fraction of sp³-hybridized carbons (Fsp3) is 0.200. The fourth-order valence-electron chi connectivity index (χ4n) is 3.82. The van der Waals surface area contributed by atoms with Gasteiger partial charge >= 0.3 is 0 Å². The van der Waals surface area contributed by atoms with Gasteiger partial charge in [-0.3, -0.25) is 9.59 Å². The predicted molar refractivity (Wildman–Crippen MR) is 115 cm³/mol. The molecule has 1 N–H and O–H groups in total. The van der Waals surface area contributed by atoms with Crippen molar-refractivity contribution < 1.29 is 9.59 Å². The molecule has 2 amide bonds. The molecule has 1 aliphatic rings. The summed E-state index contributed by atoms with van der Waals surface area (Å²) < 4.78 is 0. The van der Waals surface area contributed by atoms with Crippen LogP contribution in [0.5, 0.6) is 0 Å². The Morgan fingerprint density at radius 1 is 0.862 bits per heavy atom. The first-order valence-corrected chi connectivity index (χ1v) is 9.84. The summed E-state index contributed by atoms with van der Waals surface area (Å²) in [5, 5.41) is 3.06. The van der Waals surface area contributed by atoms with Gasteiger partial charge < -0.3 is 10.2 Å². The summed E-state index contributed by atoms with van der Waals surface area (Å²) in [4.78, 5) is 28.2. The highest BCUT2D eigenvalue weighted by Gasteiger charge is 2.35. The largest absolute Gasteiger partial charge is 0.324 e. The highest BCUT2D eigenvalue weighted by atomic mass is 16.2. The van der Waals surface area contributed by atoms with Crippen LogP contribution in [-0.4, -0.2) is 22.8 Å². The predicted octanol–water partition coefficient (Wildman–Crippen LogP) is 4.51. The minimum atomic E-state index is -0.558. The number of amides is 2. The fourth-order valence-corrected chi connectivity index (χ4v) is 3.82. The van der Waals surface area contributed by atoms with Gasteiger partial charge in [-0.1, -0.05) is 54.6 Å². The number of hydrogen-bond donors (Lipinski definition) is 1. The average Bonchev–Trinajstić information content (AvgIpc) is 2.76. The van der Waals surface area contributed by atoms with Crippen LogP contribution in [0, 0.1) is 13.8 Å². The third kappa shape index (κ3) is 3.79. The number of hydrogen-bond acceptors (Lipinski definition) is 2. The third-order valence-corrected chi connectivity index (χ3v) is 5.70. The minimum absolute atomic E-state index is 0.124. The molecule has 1 heterocycles. The molecule has 0 aromatic heterocycles. The summed E-state index contributed by atoms with van der Waals surface area (Å²) in [5.74, 6) is -0.279. The van der Waals surface area contributed by atoms with Gasteiger partial charge in [-0.25, -0.2) is 0 Å². The molecule has 4 heteroatoms. The second-order valence-corrected chi connectivity index (χ2v) is 7.52. The van der Waals surface area contributed by atoms with Crippen LogP contribution < -0.4 is 5.32 Å². The van der Waals surface area contributed by atoms with E-state index in [4.69, 9.17) is 0 Å². The molecule has 3 aromatic carbocycles. The summed E-state index contributed by atoms with van der Waals surface area (Å²) in [6.07, 6.45) is 0.505. The molecular weight excluding hydrogens is 360 g/mol. The summed E-state index contributed by atoms with van der Waals surface area (Å²) in [5.41, 5.74) is 5.75. The van der Waals surface area contributed by atoms with Crippen molar-refractivity contribution in [2.75, 3.05) is 5.32 Å². The van der Waals surface area contributed by atoms with Crippen molar-refractivity contribution in [1.29, 1.82) is 0 Å². The van der Waals surface area contributed by atoms with Gasteiger partial charge in [-0.15, -0.1) is 0 Å². The van der Waals surface area contributed by atoms with E-state index in [0.717, 1.165) is 27.9 Å². The summed E-state index contributed by atoms with van der Waals surface area (Å²) in [6, 6.07) is 22.5. The first kappa shape index (κ1) is 18.9. The van der Waals surface area contributed by atoms with Crippen LogP contribution in [-0.2, 0) is 17.8 Å². The van der Waals surface area contributed by atoms with Crippen molar-refractivity contribution in [1.82, 2.24) is 4.90 Å². The molecule has 0 spiro atoms. The van der Waals surface area contributed by atoms with Gasteiger partial charge in [-0.05, 0) is 54.3 Å². The van der Waals surface area contributed by atoms with Crippen LogP contribution >= 0.6 is 0 Å². The molecule has 0 saturated heterocycles. The number of benzene rings is 3. The molecule has 0 radical (unpaired) electrons. The van der Waals surface area contributed by atoms with Crippen molar-refractivity contribution in [3.63, 3.8) is 0 Å². The van der Waals surface area contributed by atoms with Crippen LogP contribution in [0.4, 0.5) is 5.69 Å². The Labute approximate surface area is 171 Å². The van der Waals surface area contributed by atoms with Gasteiger partial charge in [0.15, 0.2) is 0 Å². The van der Waals surface area contributed by atoms with Crippen LogP contribution in [0.3, 0.4) is 0 Å². The van der Waals surface area contributed by atoms with Crippen molar-refractivity contribution in [2.24, 2.45) is 0 Å². The molecule has 1 aliphatic heterocycles. The zero-order valence-electron chi connectivity index (χ0n) is 16.7. The lowest BCUT2D eigenvalue weighted by Gasteiger charge is -2.36. The Bertz CT molecular complexity index is 1060. The molecule has 3 aromatic rings. The molecule has 1 atom stereocenters. The SMILES string of the molecule is Cc1cccc(NC(=O)[C@@H]2Cc3ccccc3CN2C(=O)c2ccccc2)c1C. The molecule has 29 heavy (non-hydrogen) atoms. The zero-order chi connectivity index (χ0) is 20.4. The Hall–Kier alpha value is -3.40. The van der Waals surface area contributed by atoms with Crippen molar-refractivity contribution in [3.8, 4) is 0 Å². The molecule has 4 rings (SSSR count). The summed E-state index contributed by atoms with van der Waals surface area (Å²) >= 11 is 0. The summed E-state index contributed by atoms with van der Waals surface area (Å²) in [7, 11) is 0. The maximum Gasteiger partial charge on any atom is 0.254 e. The number of carbonyl (C=O) groups is 2. The van der Waals surface area contributed by atoms with Crippen LogP contribution in [0.25, 0.3) is 0 Å². The number of nitrogens with zero attached hydrogens (tertiary/aromatic N) is 1. The Morgan fingerprint density at radius 2 is 1.55 bits per heavy atom. The first-order chi connectivity index (χ1) is 14.0.